The van der Waals surface area contributed by atoms with Crippen molar-refractivity contribution in [2.24, 2.45) is 17.8 Å². The van der Waals surface area contributed by atoms with Gasteiger partial charge in [-0.3, -0.25) is 0 Å². The SMILES string of the molecule is OC(CF)C1CC2C=CC1C2. The molecule has 0 saturated heterocycles. The number of hydrogen-bond acceptors (Lipinski definition) is 1. The molecule has 2 heteroatoms. The third-order valence-corrected chi connectivity index (χ3v) is 2.98. The highest BCUT2D eigenvalue weighted by molar-refractivity contribution is 5.11. The van der Waals surface area contributed by atoms with Crippen LogP contribution < -0.4 is 0 Å². The van der Waals surface area contributed by atoms with Crippen molar-refractivity contribution >= 4 is 0 Å². The average molecular weight is 156 g/mol. The van der Waals surface area contributed by atoms with E-state index in [1.54, 1.807) is 0 Å². The minimum atomic E-state index is -0.713. The summed E-state index contributed by atoms with van der Waals surface area (Å²) in [5.41, 5.74) is 0. The van der Waals surface area contributed by atoms with E-state index in [-0.39, 0.29) is 5.92 Å². The van der Waals surface area contributed by atoms with E-state index in [4.69, 9.17) is 0 Å². The van der Waals surface area contributed by atoms with Gasteiger partial charge in [-0.15, -0.1) is 0 Å². The lowest BCUT2D eigenvalue weighted by atomic mass is 9.89. The van der Waals surface area contributed by atoms with Crippen LogP contribution in [0.2, 0.25) is 0 Å². The van der Waals surface area contributed by atoms with Crippen molar-refractivity contribution in [1.82, 2.24) is 0 Å². The summed E-state index contributed by atoms with van der Waals surface area (Å²) in [7, 11) is 0. The minimum Gasteiger partial charge on any atom is -0.390 e. The highest BCUT2D eigenvalue weighted by atomic mass is 19.1. The lowest BCUT2D eigenvalue weighted by molar-refractivity contribution is 0.0686. The first kappa shape index (κ1) is 7.29. The fourth-order valence-corrected chi connectivity index (χ4v) is 2.38. The maximum Gasteiger partial charge on any atom is 0.116 e. The number of rotatable bonds is 2. The molecule has 2 aliphatic rings. The molecule has 1 nitrogen and oxygen atoms in total. The Hall–Kier alpha value is -0.370. The standard InChI is InChI=1S/C9H13FO/c10-5-9(11)8-4-6-1-2-7(8)3-6/h1-2,6-9,11H,3-5H2. The first-order chi connectivity index (χ1) is 5.31. The van der Waals surface area contributed by atoms with Gasteiger partial charge < -0.3 is 5.11 Å². The van der Waals surface area contributed by atoms with Crippen molar-refractivity contribution in [2.75, 3.05) is 6.67 Å². The minimum absolute atomic E-state index is 0.204. The molecule has 1 N–H and O–H groups in total. The number of alkyl halides is 1. The smallest absolute Gasteiger partial charge is 0.116 e. The van der Waals surface area contributed by atoms with Gasteiger partial charge in [-0.2, -0.15) is 0 Å². The van der Waals surface area contributed by atoms with E-state index in [1.165, 1.54) is 0 Å². The first-order valence-corrected chi connectivity index (χ1v) is 4.23. The zero-order chi connectivity index (χ0) is 7.84. The molecule has 2 bridgehead atoms. The molecule has 1 saturated carbocycles. The molecule has 1 fully saturated rings. The summed E-state index contributed by atoms with van der Waals surface area (Å²) in [5, 5.41) is 9.27. The summed E-state index contributed by atoms with van der Waals surface area (Å²) in [4.78, 5) is 0. The van der Waals surface area contributed by atoms with Crippen LogP contribution in [0.15, 0.2) is 12.2 Å². The molecule has 2 rings (SSSR count). The third-order valence-electron chi connectivity index (χ3n) is 2.98. The van der Waals surface area contributed by atoms with Gasteiger partial charge in [0.05, 0.1) is 6.10 Å². The van der Waals surface area contributed by atoms with Crippen molar-refractivity contribution in [2.45, 2.75) is 18.9 Å². The quantitative estimate of drug-likeness (QED) is 0.601. The summed E-state index contributed by atoms with van der Waals surface area (Å²) in [6, 6.07) is 0. The van der Waals surface area contributed by atoms with Crippen molar-refractivity contribution in [3.05, 3.63) is 12.2 Å². The van der Waals surface area contributed by atoms with Crippen molar-refractivity contribution in [1.29, 1.82) is 0 Å². The molecular weight excluding hydrogens is 143 g/mol. The van der Waals surface area contributed by atoms with Crippen LogP contribution >= 0.6 is 0 Å². The van der Waals surface area contributed by atoms with Crippen LogP contribution in [0.3, 0.4) is 0 Å². The summed E-state index contributed by atoms with van der Waals surface area (Å²) in [6.07, 6.45) is 5.76. The van der Waals surface area contributed by atoms with Crippen LogP contribution in [0.4, 0.5) is 4.39 Å². The molecule has 2 aliphatic carbocycles. The Morgan fingerprint density at radius 1 is 1.45 bits per heavy atom. The molecular formula is C9H13FO. The predicted octanol–water partition coefficient (Wildman–Crippen LogP) is 1.53. The van der Waals surface area contributed by atoms with E-state index >= 15 is 0 Å². The van der Waals surface area contributed by atoms with Crippen molar-refractivity contribution < 1.29 is 9.50 Å². The normalized spacial score (nSPS) is 43.3. The monoisotopic (exact) mass is 156 g/mol. The largest absolute Gasteiger partial charge is 0.390 e. The van der Waals surface area contributed by atoms with Crippen LogP contribution in [0.5, 0.6) is 0 Å². The van der Waals surface area contributed by atoms with Gasteiger partial charge in [0.2, 0.25) is 0 Å². The molecule has 62 valence electrons. The molecule has 0 aromatic carbocycles. The Bertz CT molecular complexity index is 178. The van der Waals surface area contributed by atoms with Gasteiger partial charge in [0.25, 0.3) is 0 Å². The second-order valence-corrected chi connectivity index (χ2v) is 3.67. The van der Waals surface area contributed by atoms with Gasteiger partial charge in [-0.25, -0.2) is 4.39 Å². The Morgan fingerprint density at radius 2 is 2.27 bits per heavy atom. The Morgan fingerprint density at radius 3 is 2.73 bits per heavy atom. The fourth-order valence-electron chi connectivity index (χ4n) is 2.38. The predicted molar refractivity (Wildman–Crippen MR) is 40.8 cm³/mol. The Balaban J connectivity index is 2.02. The highest BCUT2D eigenvalue weighted by Gasteiger charge is 2.39. The van der Waals surface area contributed by atoms with Crippen molar-refractivity contribution in [3.8, 4) is 0 Å². The van der Waals surface area contributed by atoms with Gasteiger partial charge in [0, 0.05) is 0 Å². The molecule has 0 radical (unpaired) electrons. The maximum atomic E-state index is 12.1. The molecule has 4 unspecified atom stereocenters. The summed E-state index contributed by atoms with van der Waals surface area (Å²) >= 11 is 0. The Labute approximate surface area is 65.9 Å². The van der Waals surface area contributed by atoms with E-state index in [9.17, 15) is 9.50 Å². The third kappa shape index (κ3) is 1.09. The number of hydrogen-bond donors (Lipinski definition) is 1. The molecule has 0 amide bonds. The van der Waals surface area contributed by atoms with E-state index < -0.39 is 12.8 Å². The topological polar surface area (TPSA) is 20.2 Å². The maximum absolute atomic E-state index is 12.1. The number of aliphatic hydroxyl groups excluding tert-OH is 1. The fraction of sp³-hybridized carbons (Fsp3) is 0.778. The molecule has 4 atom stereocenters. The van der Waals surface area contributed by atoms with Gasteiger partial charge in [0.15, 0.2) is 0 Å². The zero-order valence-corrected chi connectivity index (χ0v) is 6.41. The van der Waals surface area contributed by atoms with E-state index in [2.05, 4.69) is 12.2 Å². The molecule has 0 heterocycles. The van der Waals surface area contributed by atoms with Crippen LogP contribution in [-0.2, 0) is 0 Å². The average Bonchev–Trinajstić information content (AvgIpc) is 2.62. The Kier molecular flexibility index (Phi) is 1.72. The van der Waals surface area contributed by atoms with E-state index in [1.807, 2.05) is 0 Å². The zero-order valence-electron chi connectivity index (χ0n) is 6.41. The molecule has 0 spiro atoms. The van der Waals surface area contributed by atoms with Crippen LogP contribution in [0, 0.1) is 17.8 Å². The van der Waals surface area contributed by atoms with Crippen LogP contribution in [0.25, 0.3) is 0 Å². The molecule has 0 aliphatic heterocycles. The molecule has 11 heavy (non-hydrogen) atoms. The number of halogens is 1. The lowest BCUT2D eigenvalue weighted by Crippen LogP contribution is -2.25. The van der Waals surface area contributed by atoms with E-state index in [0.717, 1.165) is 12.8 Å². The highest BCUT2D eigenvalue weighted by Crippen LogP contribution is 2.44. The number of fused-ring (bicyclic) bond motifs is 2. The second kappa shape index (κ2) is 2.59. The number of allylic oxidation sites excluding steroid dienone is 2. The molecule has 0 aromatic rings. The van der Waals surface area contributed by atoms with Crippen molar-refractivity contribution in [3.63, 3.8) is 0 Å². The van der Waals surface area contributed by atoms with Gasteiger partial charge in [-0.05, 0) is 30.6 Å². The summed E-state index contributed by atoms with van der Waals surface area (Å²) < 4.78 is 12.1. The van der Waals surface area contributed by atoms with Gasteiger partial charge in [-0.1, -0.05) is 12.2 Å². The molecule has 0 aromatic heterocycles. The van der Waals surface area contributed by atoms with Gasteiger partial charge in [0.1, 0.15) is 6.67 Å². The first-order valence-electron chi connectivity index (χ1n) is 4.23. The van der Waals surface area contributed by atoms with Gasteiger partial charge >= 0.3 is 0 Å². The van der Waals surface area contributed by atoms with Crippen LogP contribution in [-0.4, -0.2) is 17.9 Å². The van der Waals surface area contributed by atoms with E-state index in [0.29, 0.717) is 11.8 Å². The number of aliphatic hydroxyl groups is 1. The lowest BCUT2D eigenvalue weighted by Gasteiger charge is -2.21. The second-order valence-electron chi connectivity index (χ2n) is 3.67. The summed E-state index contributed by atoms with van der Waals surface area (Å²) in [6.45, 7) is -0.582. The van der Waals surface area contributed by atoms with Crippen LogP contribution in [0.1, 0.15) is 12.8 Å². The summed E-state index contributed by atoms with van der Waals surface area (Å²) in [5.74, 6) is 1.30.